The third kappa shape index (κ3) is 3.92. The van der Waals surface area contributed by atoms with E-state index in [4.69, 9.17) is 5.11 Å². The molecule has 14 heavy (non-hydrogen) atoms. The number of rotatable bonds is 5. The molecule has 0 amide bonds. The second-order valence-electron chi connectivity index (χ2n) is 4.13. The van der Waals surface area contributed by atoms with Gasteiger partial charge in [0.2, 0.25) is 0 Å². The SMILES string of the molecule is CCCC(C(=O)O)C(C)(O)C=C(C)C. The van der Waals surface area contributed by atoms with Gasteiger partial charge in [0.1, 0.15) is 0 Å². The van der Waals surface area contributed by atoms with Crippen LogP contribution in [0.4, 0.5) is 0 Å². The molecule has 0 fully saturated rings. The summed E-state index contributed by atoms with van der Waals surface area (Å²) in [5, 5.41) is 19.0. The van der Waals surface area contributed by atoms with Crippen molar-refractivity contribution >= 4 is 5.97 Å². The lowest BCUT2D eigenvalue weighted by molar-refractivity contribution is -0.148. The maximum Gasteiger partial charge on any atom is 0.309 e. The fourth-order valence-corrected chi connectivity index (χ4v) is 1.64. The summed E-state index contributed by atoms with van der Waals surface area (Å²) in [5.41, 5.74) is -0.321. The van der Waals surface area contributed by atoms with Gasteiger partial charge in [-0.15, -0.1) is 0 Å². The molecule has 0 aliphatic rings. The maximum absolute atomic E-state index is 10.9. The van der Waals surface area contributed by atoms with Gasteiger partial charge in [-0.3, -0.25) is 4.79 Å². The Morgan fingerprint density at radius 1 is 1.50 bits per heavy atom. The molecule has 0 aliphatic carbocycles. The van der Waals surface area contributed by atoms with Crippen molar-refractivity contribution in [2.24, 2.45) is 5.92 Å². The van der Waals surface area contributed by atoms with Crippen molar-refractivity contribution in [3.63, 3.8) is 0 Å². The quantitative estimate of drug-likeness (QED) is 0.669. The smallest absolute Gasteiger partial charge is 0.309 e. The first-order valence-corrected chi connectivity index (χ1v) is 4.92. The minimum absolute atomic E-state index is 0.492. The molecule has 3 heteroatoms. The van der Waals surface area contributed by atoms with E-state index in [-0.39, 0.29) is 0 Å². The Hall–Kier alpha value is -0.830. The largest absolute Gasteiger partial charge is 0.481 e. The summed E-state index contributed by atoms with van der Waals surface area (Å²) in [6.45, 7) is 7.15. The number of carbonyl (C=O) groups is 1. The molecule has 0 radical (unpaired) electrons. The number of carboxylic acids is 1. The van der Waals surface area contributed by atoms with Gasteiger partial charge in [-0.05, 0) is 27.2 Å². The molecule has 0 saturated carbocycles. The van der Waals surface area contributed by atoms with Crippen molar-refractivity contribution in [2.75, 3.05) is 0 Å². The second kappa shape index (κ2) is 5.15. The van der Waals surface area contributed by atoms with E-state index in [1.165, 1.54) is 0 Å². The van der Waals surface area contributed by atoms with E-state index in [9.17, 15) is 9.90 Å². The van der Waals surface area contributed by atoms with E-state index in [0.29, 0.717) is 6.42 Å². The van der Waals surface area contributed by atoms with Gasteiger partial charge in [0.25, 0.3) is 0 Å². The van der Waals surface area contributed by atoms with Crippen LogP contribution in [-0.2, 0) is 4.79 Å². The molecule has 0 aromatic rings. The van der Waals surface area contributed by atoms with Crippen molar-refractivity contribution in [1.29, 1.82) is 0 Å². The van der Waals surface area contributed by atoms with Crippen molar-refractivity contribution in [3.05, 3.63) is 11.6 Å². The van der Waals surface area contributed by atoms with E-state index in [2.05, 4.69) is 0 Å². The van der Waals surface area contributed by atoms with Gasteiger partial charge in [-0.1, -0.05) is 25.0 Å². The predicted octanol–water partition coefficient (Wildman–Crippen LogP) is 2.20. The van der Waals surface area contributed by atoms with Crippen LogP contribution in [0.5, 0.6) is 0 Å². The molecular weight excluding hydrogens is 180 g/mol. The normalized spacial score (nSPS) is 16.9. The van der Waals surface area contributed by atoms with Crippen LogP contribution in [0.3, 0.4) is 0 Å². The highest BCUT2D eigenvalue weighted by atomic mass is 16.4. The zero-order valence-corrected chi connectivity index (χ0v) is 9.37. The predicted molar refractivity (Wildman–Crippen MR) is 56.1 cm³/mol. The molecule has 2 N–H and O–H groups in total. The van der Waals surface area contributed by atoms with Gasteiger partial charge in [0, 0.05) is 0 Å². The summed E-state index contributed by atoms with van der Waals surface area (Å²) in [6, 6.07) is 0. The van der Waals surface area contributed by atoms with E-state index in [1.807, 2.05) is 20.8 Å². The van der Waals surface area contributed by atoms with E-state index in [1.54, 1.807) is 13.0 Å². The number of aliphatic carboxylic acids is 1. The average Bonchev–Trinajstić information content (AvgIpc) is 1.96. The summed E-state index contributed by atoms with van der Waals surface area (Å²) in [5.74, 6) is -1.66. The van der Waals surface area contributed by atoms with E-state index in [0.717, 1.165) is 12.0 Å². The topological polar surface area (TPSA) is 57.5 Å². The van der Waals surface area contributed by atoms with Crippen LogP contribution in [-0.4, -0.2) is 21.8 Å². The number of carboxylic acid groups (broad SMARTS) is 1. The molecule has 0 aromatic heterocycles. The fraction of sp³-hybridized carbons (Fsp3) is 0.727. The first-order chi connectivity index (χ1) is 6.31. The van der Waals surface area contributed by atoms with Crippen LogP contribution < -0.4 is 0 Å². The minimum atomic E-state index is -1.25. The Morgan fingerprint density at radius 3 is 2.29 bits per heavy atom. The molecule has 3 nitrogen and oxygen atoms in total. The van der Waals surface area contributed by atoms with Crippen LogP contribution in [0.1, 0.15) is 40.5 Å². The monoisotopic (exact) mass is 200 g/mol. The Balaban J connectivity index is 4.79. The summed E-state index contributed by atoms with van der Waals surface area (Å²) in [7, 11) is 0. The number of hydrogen-bond acceptors (Lipinski definition) is 2. The summed E-state index contributed by atoms with van der Waals surface area (Å²) < 4.78 is 0. The van der Waals surface area contributed by atoms with Gasteiger partial charge in [-0.2, -0.15) is 0 Å². The third-order valence-corrected chi connectivity index (χ3v) is 2.16. The lowest BCUT2D eigenvalue weighted by atomic mass is 9.84. The van der Waals surface area contributed by atoms with Gasteiger partial charge in [0.05, 0.1) is 11.5 Å². The first kappa shape index (κ1) is 13.2. The highest BCUT2D eigenvalue weighted by molar-refractivity contribution is 5.72. The minimum Gasteiger partial charge on any atom is -0.481 e. The molecule has 2 atom stereocenters. The van der Waals surface area contributed by atoms with E-state index < -0.39 is 17.5 Å². The van der Waals surface area contributed by atoms with E-state index >= 15 is 0 Å². The van der Waals surface area contributed by atoms with Gasteiger partial charge in [-0.25, -0.2) is 0 Å². The van der Waals surface area contributed by atoms with Crippen LogP contribution in [0.15, 0.2) is 11.6 Å². The summed E-state index contributed by atoms with van der Waals surface area (Å²) >= 11 is 0. The van der Waals surface area contributed by atoms with Gasteiger partial charge >= 0.3 is 5.97 Å². The maximum atomic E-state index is 10.9. The number of aliphatic hydroxyl groups is 1. The zero-order chi connectivity index (χ0) is 11.4. The Morgan fingerprint density at radius 2 is 2.00 bits per heavy atom. The van der Waals surface area contributed by atoms with Gasteiger partial charge in [0.15, 0.2) is 0 Å². The third-order valence-electron chi connectivity index (χ3n) is 2.16. The van der Waals surface area contributed by atoms with Crippen molar-refractivity contribution < 1.29 is 15.0 Å². The molecule has 0 bridgehead atoms. The van der Waals surface area contributed by atoms with Crippen molar-refractivity contribution in [3.8, 4) is 0 Å². The van der Waals surface area contributed by atoms with Crippen LogP contribution >= 0.6 is 0 Å². The standard InChI is InChI=1S/C11H20O3/c1-5-6-9(10(12)13)11(4,14)7-8(2)3/h7,9,14H,5-6H2,1-4H3,(H,12,13). The second-order valence-corrected chi connectivity index (χ2v) is 4.13. The molecule has 0 saturated heterocycles. The lowest BCUT2D eigenvalue weighted by Crippen LogP contribution is -2.38. The molecular formula is C11H20O3. The molecule has 0 rings (SSSR count). The molecule has 82 valence electrons. The highest BCUT2D eigenvalue weighted by Gasteiger charge is 2.34. The first-order valence-electron chi connectivity index (χ1n) is 4.92. The Kier molecular flexibility index (Phi) is 4.85. The lowest BCUT2D eigenvalue weighted by Gasteiger charge is -2.27. The number of hydrogen-bond donors (Lipinski definition) is 2. The molecule has 0 aromatic carbocycles. The summed E-state index contributed by atoms with van der Waals surface area (Å²) in [4.78, 5) is 10.9. The average molecular weight is 200 g/mol. The molecule has 0 heterocycles. The molecule has 2 unspecified atom stereocenters. The zero-order valence-electron chi connectivity index (χ0n) is 9.37. The fourth-order valence-electron chi connectivity index (χ4n) is 1.64. The van der Waals surface area contributed by atoms with Crippen molar-refractivity contribution in [1.82, 2.24) is 0 Å². The Bertz CT molecular complexity index is 225. The van der Waals surface area contributed by atoms with Gasteiger partial charge < -0.3 is 10.2 Å². The number of allylic oxidation sites excluding steroid dienone is 1. The van der Waals surface area contributed by atoms with Crippen LogP contribution in [0, 0.1) is 5.92 Å². The van der Waals surface area contributed by atoms with Crippen LogP contribution in [0.2, 0.25) is 0 Å². The van der Waals surface area contributed by atoms with Crippen LogP contribution in [0.25, 0.3) is 0 Å². The van der Waals surface area contributed by atoms with Crippen molar-refractivity contribution in [2.45, 2.75) is 46.1 Å². The highest BCUT2D eigenvalue weighted by Crippen LogP contribution is 2.25. The Labute approximate surface area is 85.4 Å². The molecule has 0 aliphatic heterocycles. The summed E-state index contributed by atoms with van der Waals surface area (Å²) in [6.07, 6.45) is 2.86. The molecule has 0 spiro atoms.